The maximum absolute atomic E-state index is 13.1. The molecule has 0 aliphatic heterocycles. The van der Waals surface area contributed by atoms with E-state index in [1.54, 1.807) is 0 Å². The normalized spacial score (nSPS) is 14.7. The Balaban J connectivity index is 5.47. The second-order valence-electron chi connectivity index (χ2n) is 26.6. The molecular weight excluding hydrogens is 1380 g/mol. The summed E-state index contributed by atoms with van der Waals surface area (Å²) in [4.78, 5) is 73.1. The van der Waals surface area contributed by atoms with Crippen LogP contribution >= 0.6 is 15.6 Å². The van der Waals surface area contributed by atoms with Gasteiger partial charge >= 0.3 is 39.5 Å². The number of phosphoric ester groups is 2. The predicted molar refractivity (Wildman–Crippen MR) is 436 cm³/mol. The number of rotatable bonds is 75. The molecule has 3 N–H and O–H groups in total. The van der Waals surface area contributed by atoms with Crippen LogP contribution in [0, 0.1) is 0 Å². The van der Waals surface area contributed by atoms with Gasteiger partial charge in [0.1, 0.15) is 19.3 Å². The molecule has 0 aliphatic carbocycles. The fourth-order valence-corrected chi connectivity index (χ4v) is 11.9. The Morgan fingerprint density at radius 3 is 0.830 bits per heavy atom. The molecule has 0 heterocycles. The molecule has 0 saturated carbocycles. The third kappa shape index (κ3) is 76.9. The second kappa shape index (κ2) is 77.8. The summed E-state index contributed by atoms with van der Waals surface area (Å²) in [7, 11) is -10.0. The van der Waals surface area contributed by atoms with Crippen molar-refractivity contribution in [1.29, 1.82) is 0 Å². The molecule has 0 aromatic carbocycles. The van der Waals surface area contributed by atoms with E-state index in [0.29, 0.717) is 32.1 Å². The number of aliphatic hydroxyl groups excluding tert-OH is 1. The fraction of sp³-hybridized carbons (Fsp3) is 0.655. The van der Waals surface area contributed by atoms with E-state index in [1.165, 1.54) is 57.8 Å². The molecule has 0 saturated heterocycles. The van der Waals surface area contributed by atoms with Crippen molar-refractivity contribution >= 4 is 39.5 Å². The smallest absolute Gasteiger partial charge is 0.462 e. The van der Waals surface area contributed by atoms with Crippen LogP contribution in [-0.2, 0) is 65.4 Å². The van der Waals surface area contributed by atoms with E-state index in [0.717, 1.165) is 167 Å². The number of hydrogen-bond acceptors (Lipinski definition) is 15. The van der Waals surface area contributed by atoms with Crippen LogP contribution in [0.25, 0.3) is 0 Å². The third-order valence-electron chi connectivity index (χ3n) is 16.5. The van der Waals surface area contributed by atoms with E-state index in [4.69, 9.17) is 37.0 Å². The van der Waals surface area contributed by atoms with Gasteiger partial charge in [0.15, 0.2) is 12.2 Å². The number of ether oxygens (including phenoxy) is 4. The average Bonchev–Trinajstić information content (AvgIpc) is 0.909. The van der Waals surface area contributed by atoms with Crippen molar-refractivity contribution in [3.63, 3.8) is 0 Å². The summed E-state index contributed by atoms with van der Waals surface area (Å²) in [5.41, 5.74) is 0. The Bertz CT molecular complexity index is 2630. The minimum absolute atomic E-state index is 0.0613. The Hall–Kier alpha value is -5.32. The van der Waals surface area contributed by atoms with Crippen molar-refractivity contribution < 1.29 is 80.2 Å². The first-order valence-electron chi connectivity index (χ1n) is 40.7. The first-order chi connectivity index (χ1) is 51.7. The Morgan fingerprint density at radius 1 is 0.274 bits per heavy atom. The molecule has 5 unspecified atom stereocenters. The lowest BCUT2D eigenvalue weighted by Gasteiger charge is -2.21. The third-order valence-corrected chi connectivity index (χ3v) is 18.4. The van der Waals surface area contributed by atoms with Crippen molar-refractivity contribution in [3.05, 3.63) is 158 Å². The number of carbonyl (C=O) groups excluding carboxylic acids is 4. The van der Waals surface area contributed by atoms with Crippen molar-refractivity contribution in [1.82, 2.24) is 0 Å². The summed E-state index contributed by atoms with van der Waals surface area (Å²) < 4.78 is 68.6. The molecule has 0 radical (unpaired) electrons. The standard InChI is InChI=1S/C87H144O17P2/c1-5-9-13-17-21-25-29-33-37-39-40-42-46-48-52-56-60-64-68-72-85(90)98-78-83(104-87(92)74-70-66-62-58-54-50-44-36-32-28-24-20-16-12-8-4)80-102-106(95,96)100-76-81(88)75-99-105(93,94)101-79-82(103-86(91)73-69-65-61-57-53-49-43-35-31-27-23-19-15-11-7-3)77-97-84(89)71-67-63-59-55-51-47-45-41-38-34-30-26-22-18-14-10-6-2/h9-10,13-14,21-23,25-27,33-38,40,42-45,47-48,52,55,59,81-83,88H,5-8,11-12,15-20,24,28-32,39,41,46,49-51,53-54,56-58,60-80H2,1-4H3,(H,93,94)(H,95,96)/b13-9-,14-10-,25-21-,26-22-,27-23-,37-33-,38-34-,42-40-,43-35-,44-36-,47-45-,52-48-,59-55-. The summed E-state index contributed by atoms with van der Waals surface area (Å²) in [5, 5.41) is 10.7. The van der Waals surface area contributed by atoms with Gasteiger partial charge in [-0.25, -0.2) is 9.13 Å². The van der Waals surface area contributed by atoms with E-state index in [-0.39, 0.29) is 25.7 Å². The van der Waals surface area contributed by atoms with Crippen LogP contribution in [0.1, 0.15) is 310 Å². The van der Waals surface area contributed by atoms with E-state index in [9.17, 15) is 43.2 Å². The number of hydrogen-bond donors (Lipinski definition) is 3. The minimum Gasteiger partial charge on any atom is -0.462 e. The molecule has 19 heteroatoms. The van der Waals surface area contributed by atoms with Gasteiger partial charge in [0, 0.05) is 25.7 Å². The van der Waals surface area contributed by atoms with Crippen molar-refractivity contribution in [3.8, 4) is 0 Å². The van der Waals surface area contributed by atoms with Gasteiger partial charge in [0.25, 0.3) is 0 Å². The average molecular weight is 1520 g/mol. The maximum atomic E-state index is 13.1. The highest BCUT2D eigenvalue weighted by molar-refractivity contribution is 7.47. The molecule has 0 aliphatic rings. The van der Waals surface area contributed by atoms with Crippen molar-refractivity contribution in [2.45, 2.75) is 329 Å². The summed E-state index contributed by atoms with van der Waals surface area (Å²) in [6, 6.07) is 0. The van der Waals surface area contributed by atoms with Crippen LogP contribution in [0.4, 0.5) is 0 Å². The van der Waals surface area contributed by atoms with E-state index in [2.05, 4.69) is 174 Å². The number of unbranched alkanes of at least 4 members (excludes halogenated alkanes) is 23. The molecule has 0 aromatic rings. The van der Waals surface area contributed by atoms with Crippen molar-refractivity contribution in [2.24, 2.45) is 0 Å². The monoisotopic (exact) mass is 1520 g/mol. The lowest BCUT2D eigenvalue weighted by Crippen LogP contribution is -2.30. The first-order valence-corrected chi connectivity index (χ1v) is 43.7. The summed E-state index contributed by atoms with van der Waals surface area (Å²) in [6.07, 6.45) is 90.8. The molecule has 0 aromatic heterocycles. The molecule has 604 valence electrons. The molecule has 0 fully saturated rings. The van der Waals surface area contributed by atoms with Gasteiger partial charge in [-0.1, -0.05) is 276 Å². The lowest BCUT2D eigenvalue weighted by atomic mass is 10.1. The molecular formula is C87H144O17P2. The zero-order valence-electron chi connectivity index (χ0n) is 66.1. The summed E-state index contributed by atoms with van der Waals surface area (Å²) in [6.45, 7) is 4.49. The van der Waals surface area contributed by atoms with Gasteiger partial charge in [0.05, 0.1) is 26.4 Å². The number of aliphatic hydroxyl groups is 1. The predicted octanol–water partition coefficient (Wildman–Crippen LogP) is 24.0. The van der Waals surface area contributed by atoms with Crippen LogP contribution < -0.4 is 0 Å². The van der Waals surface area contributed by atoms with Crippen LogP contribution in [0.15, 0.2) is 158 Å². The van der Waals surface area contributed by atoms with Gasteiger partial charge in [-0.2, -0.15) is 0 Å². The zero-order chi connectivity index (χ0) is 77.4. The zero-order valence-corrected chi connectivity index (χ0v) is 67.8. The SMILES string of the molecule is CC/C=C\C/C=C\C/C=C\C/C=C\C/C=C\CCCCCC(=O)OCC(COP(=O)(O)OCC(O)COP(=O)(O)OCC(COC(=O)CCC/C=C\C/C=C\C/C=C\C/C=C\C/C=C\CC)OC(=O)CCCCCCC/C=C\C/C=C\CCCCC)OC(=O)CCCCCCC/C=C\CCCCCCCC. The van der Waals surface area contributed by atoms with E-state index < -0.39 is 97.5 Å². The minimum atomic E-state index is -5.00. The molecule has 5 atom stereocenters. The lowest BCUT2D eigenvalue weighted by molar-refractivity contribution is -0.161. The number of phosphoric acid groups is 2. The molecule has 0 bridgehead atoms. The number of esters is 4. The number of carbonyl (C=O) groups is 4. The molecule has 0 spiro atoms. The maximum Gasteiger partial charge on any atom is 0.472 e. The van der Waals surface area contributed by atoms with Crippen molar-refractivity contribution in [2.75, 3.05) is 39.6 Å². The van der Waals surface area contributed by atoms with Crippen LogP contribution in [0.5, 0.6) is 0 Å². The highest BCUT2D eigenvalue weighted by atomic mass is 31.2. The fourth-order valence-electron chi connectivity index (χ4n) is 10.3. The van der Waals surface area contributed by atoms with Gasteiger partial charge in [-0.05, 0) is 167 Å². The molecule has 0 rings (SSSR count). The van der Waals surface area contributed by atoms with Crippen LogP contribution in [0.3, 0.4) is 0 Å². The Labute approximate surface area is 642 Å². The summed E-state index contributed by atoms with van der Waals surface area (Å²) >= 11 is 0. The highest BCUT2D eigenvalue weighted by Gasteiger charge is 2.30. The van der Waals surface area contributed by atoms with E-state index >= 15 is 0 Å². The highest BCUT2D eigenvalue weighted by Crippen LogP contribution is 2.45. The quantitative estimate of drug-likeness (QED) is 0.0169. The Morgan fingerprint density at radius 2 is 0.500 bits per heavy atom. The second-order valence-corrected chi connectivity index (χ2v) is 29.5. The topological polar surface area (TPSA) is 237 Å². The number of allylic oxidation sites excluding steroid dienone is 26. The molecule has 0 amide bonds. The summed E-state index contributed by atoms with van der Waals surface area (Å²) in [5.74, 6) is -2.31. The largest absolute Gasteiger partial charge is 0.472 e. The van der Waals surface area contributed by atoms with Gasteiger partial charge in [-0.3, -0.25) is 37.3 Å². The van der Waals surface area contributed by atoms with Gasteiger partial charge in [0.2, 0.25) is 0 Å². The molecule has 106 heavy (non-hydrogen) atoms. The van der Waals surface area contributed by atoms with E-state index in [1.807, 2.05) is 12.2 Å². The van der Waals surface area contributed by atoms with Gasteiger partial charge < -0.3 is 33.8 Å². The van der Waals surface area contributed by atoms with Crippen LogP contribution in [-0.4, -0.2) is 96.7 Å². The Kier molecular flexibility index (Phi) is 73.9. The molecule has 17 nitrogen and oxygen atoms in total. The first kappa shape index (κ1) is 101. The van der Waals surface area contributed by atoms with Gasteiger partial charge in [-0.15, -0.1) is 0 Å². The van der Waals surface area contributed by atoms with Crippen LogP contribution in [0.2, 0.25) is 0 Å².